The van der Waals surface area contributed by atoms with E-state index in [4.69, 9.17) is 13.8 Å². The maximum absolute atomic E-state index is 13.5. The van der Waals surface area contributed by atoms with E-state index in [0.717, 1.165) is 70.6 Å². The highest BCUT2D eigenvalue weighted by atomic mass is 31.2. The molecule has 1 amide bonds. The predicted octanol–water partition coefficient (Wildman–Crippen LogP) is 15.9. The Bertz CT molecular complexity index is 1790. The van der Waals surface area contributed by atoms with Gasteiger partial charge in [-0.05, 0) is 70.3 Å². The smallest absolute Gasteiger partial charge is 0.306 e. The van der Waals surface area contributed by atoms with Gasteiger partial charge in [-0.15, -0.1) is 0 Å². The molecule has 0 radical (unpaired) electrons. The number of rotatable bonds is 46. The quantitative estimate of drug-likeness (QED) is 0.0161. The van der Waals surface area contributed by atoms with Crippen LogP contribution in [0.25, 0.3) is 0 Å². The lowest BCUT2D eigenvalue weighted by Gasteiger charge is -2.30. The Hall–Kier alpha value is -4.37. The molecule has 3 unspecified atom stereocenters. The molecule has 1 N–H and O–H groups in total. The van der Waals surface area contributed by atoms with E-state index in [1.165, 1.54) is 51.4 Å². The molecule has 0 rings (SSSR count). The van der Waals surface area contributed by atoms with Crippen molar-refractivity contribution in [2.45, 2.75) is 181 Å². The monoisotopic (exact) mass is 1010 g/mol. The van der Waals surface area contributed by atoms with Crippen LogP contribution in [0.2, 0.25) is 0 Å². The standard InChI is InChI=1S/C62H99N2O7P/c1-7-10-13-16-19-22-25-28-30-32-34-36-39-42-45-48-51-54-61(65)63-59(58-70-72(67,68)69-57-56-64(4,5)6)60(53-50-47-44-41-38-27-24-21-18-15-12-9-3)71-62(66)55-52-49-46-43-40-37-35-33-31-29-26-23-20-17-14-11-8-2/h10-11,13-14,16-17,19-20,22-23,25-26,28-37,39-40,50,53,59-60H,7-9,12,15,18,21,24,27,38,41-49,51-52,54-58H2,1-6H3,(H-,63,65,67,68)/b13-10-,14-11-,19-16+,20-17+,25-22+,26-23+,30-28-,31-29-,34-32+,35-33+,39-36+,40-37+,53-50+. The molecule has 0 aromatic rings. The van der Waals surface area contributed by atoms with Crippen molar-refractivity contribution in [3.8, 4) is 0 Å². The Morgan fingerprint density at radius 3 is 1.33 bits per heavy atom. The maximum Gasteiger partial charge on any atom is 0.306 e. The molecule has 0 fully saturated rings. The average Bonchev–Trinajstić information content (AvgIpc) is 3.34. The van der Waals surface area contributed by atoms with Gasteiger partial charge in [-0.1, -0.05) is 243 Å². The number of likely N-dealkylation sites (N-methyl/N-ethyl adjacent to an activating group) is 1. The van der Waals surface area contributed by atoms with Gasteiger partial charge >= 0.3 is 5.97 Å². The van der Waals surface area contributed by atoms with Crippen molar-refractivity contribution in [1.82, 2.24) is 5.32 Å². The minimum absolute atomic E-state index is 0.0497. The van der Waals surface area contributed by atoms with E-state index in [1.54, 1.807) is 6.08 Å². The fourth-order valence-corrected chi connectivity index (χ4v) is 7.54. The molecule has 0 aromatic carbocycles. The molecule has 0 saturated carbocycles. The second kappa shape index (κ2) is 50.2. The molecule has 10 heteroatoms. The lowest BCUT2D eigenvalue weighted by molar-refractivity contribution is -0.870. The van der Waals surface area contributed by atoms with Gasteiger partial charge in [0.2, 0.25) is 5.91 Å². The minimum Gasteiger partial charge on any atom is -0.756 e. The number of phosphoric acid groups is 1. The second-order valence-corrected chi connectivity index (χ2v) is 20.3. The number of quaternary nitrogens is 1. The van der Waals surface area contributed by atoms with E-state index < -0.39 is 32.5 Å². The number of hydrogen-bond acceptors (Lipinski definition) is 7. The van der Waals surface area contributed by atoms with Crippen LogP contribution in [0, 0.1) is 0 Å². The number of carbonyl (C=O) groups is 2. The molecule has 0 saturated heterocycles. The average molecular weight is 1020 g/mol. The van der Waals surface area contributed by atoms with Gasteiger partial charge in [0.15, 0.2) is 0 Å². The van der Waals surface area contributed by atoms with E-state index in [-0.39, 0.29) is 25.4 Å². The van der Waals surface area contributed by atoms with Crippen molar-refractivity contribution < 1.29 is 37.3 Å². The topological polar surface area (TPSA) is 114 Å². The Morgan fingerprint density at radius 2 is 0.889 bits per heavy atom. The summed E-state index contributed by atoms with van der Waals surface area (Å²) < 4.78 is 30.1. The Kier molecular flexibility index (Phi) is 47.1. The summed E-state index contributed by atoms with van der Waals surface area (Å²) in [6.45, 7) is 6.43. The van der Waals surface area contributed by atoms with Gasteiger partial charge in [-0.3, -0.25) is 14.2 Å². The molecular weight excluding hydrogens is 916 g/mol. The molecule has 0 aliphatic rings. The fraction of sp³-hybridized carbons (Fsp3) is 0.548. The third kappa shape index (κ3) is 50.6. The number of nitrogens with zero attached hydrogens (tertiary/aromatic N) is 1. The first-order valence-corrected chi connectivity index (χ1v) is 28.9. The first-order valence-electron chi connectivity index (χ1n) is 27.5. The molecule has 0 aromatic heterocycles. The predicted molar refractivity (Wildman–Crippen MR) is 306 cm³/mol. The van der Waals surface area contributed by atoms with E-state index >= 15 is 0 Å². The molecule has 0 aliphatic heterocycles. The summed E-state index contributed by atoms with van der Waals surface area (Å²) in [5.74, 6) is -0.662. The van der Waals surface area contributed by atoms with Crippen molar-refractivity contribution in [2.24, 2.45) is 0 Å². The largest absolute Gasteiger partial charge is 0.756 e. The van der Waals surface area contributed by atoms with Crippen molar-refractivity contribution in [3.05, 3.63) is 158 Å². The summed E-state index contributed by atoms with van der Waals surface area (Å²) in [5.41, 5.74) is 0. The van der Waals surface area contributed by atoms with Gasteiger partial charge in [0.1, 0.15) is 19.3 Å². The van der Waals surface area contributed by atoms with Crippen LogP contribution < -0.4 is 10.2 Å². The van der Waals surface area contributed by atoms with Gasteiger partial charge in [0.05, 0.1) is 33.8 Å². The summed E-state index contributed by atoms with van der Waals surface area (Å²) >= 11 is 0. The zero-order valence-corrected chi connectivity index (χ0v) is 46.7. The third-order valence-corrected chi connectivity index (χ3v) is 12.0. The lowest BCUT2D eigenvalue weighted by atomic mass is 10.1. The highest BCUT2D eigenvalue weighted by molar-refractivity contribution is 7.45. The van der Waals surface area contributed by atoms with Crippen LogP contribution in [0.3, 0.4) is 0 Å². The lowest BCUT2D eigenvalue weighted by Crippen LogP contribution is -2.47. The van der Waals surface area contributed by atoms with Crippen LogP contribution in [0.5, 0.6) is 0 Å². The number of allylic oxidation sites excluding steroid dienone is 25. The zero-order chi connectivity index (χ0) is 52.9. The van der Waals surface area contributed by atoms with Crippen LogP contribution in [0.4, 0.5) is 0 Å². The fourth-order valence-electron chi connectivity index (χ4n) is 6.82. The second-order valence-electron chi connectivity index (χ2n) is 18.9. The molecule has 9 nitrogen and oxygen atoms in total. The number of unbranched alkanes of at least 4 members (excludes halogenated alkanes) is 16. The number of amides is 1. The Labute approximate surface area is 440 Å². The molecule has 0 heterocycles. The van der Waals surface area contributed by atoms with Crippen molar-refractivity contribution >= 4 is 19.7 Å². The Balaban J connectivity index is 5.60. The van der Waals surface area contributed by atoms with Gasteiger partial charge in [0.25, 0.3) is 7.82 Å². The number of carbonyl (C=O) groups excluding carboxylic acids is 2. The van der Waals surface area contributed by atoms with Gasteiger partial charge in [-0.2, -0.15) is 0 Å². The summed E-state index contributed by atoms with van der Waals surface area (Å²) in [6.07, 6.45) is 73.5. The first kappa shape index (κ1) is 67.6. The van der Waals surface area contributed by atoms with E-state index in [0.29, 0.717) is 23.9 Å². The van der Waals surface area contributed by atoms with Crippen LogP contribution in [-0.2, 0) is 27.9 Å². The number of phosphoric ester groups is 1. The van der Waals surface area contributed by atoms with Crippen LogP contribution in [0.15, 0.2) is 158 Å². The summed E-state index contributed by atoms with van der Waals surface area (Å²) in [4.78, 5) is 39.8. The summed E-state index contributed by atoms with van der Waals surface area (Å²) in [7, 11) is 1.09. The molecule has 3 atom stereocenters. The molecular formula is C62H99N2O7P. The van der Waals surface area contributed by atoms with Crippen molar-refractivity contribution in [1.29, 1.82) is 0 Å². The molecule has 72 heavy (non-hydrogen) atoms. The third-order valence-electron chi connectivity index (χ3n) is 11.0. The SMILES string of the molecule is CC\C=C/C=C/C=C/C=C\C=C\C=C\CCCCCC(=O)NC(COP(=O)([O-])OCC[N+](C)(C)C)C(/C=C/CCCCCCCCCCCC)OC(=O)CCCCC/C=C/C=C/C=C\C=C\C=C\C=C/CC. The normalized spacial score (nSPS) is 15.0. The maximum atomic E-state index is 13.5. The first-order chi connectivity index (χ1) is 34.9. The van der Waals surface area contributed by atoms with Gasteiger partial charge < -0.3 is 28.5 Å². The number of esters is 1. The Morgan fingerprint density at radius 1 is 0.500 bits per heavy atom. The number of nitrogens with one attached hydrogen (secondary N) is 1. The zero-order valence-electron chi connectivity index (χ0n) is 45.8. The van der Waals surface area contributed by atoms with E-state index in [1.807, 2.05) is 149 Å². The summed E-state index contributed by atoms with van der Waals surface area (Å²) in [5, 5.41) is 2.97. The van der Waals surface area contributed by atoms with Crippen LogP contribution >= 0.6 is 7.82 Å². The van der Waals surface area contributed by atoms with E-state index in [9.17, 15) is 19.0 Å². The van der Waals surface area contributed by atoms with Crippen molar-refractivity contribution in [2.75, 3.05) is 40.9 Å². The molecule has 0 aliphatic carbocycles. The highest BCUT2D eigenvalue weighted by Crippen LogP contribution is 2.38. The number of ether oxygens (including phenoxy) is 1. The highest BCUT2D eigenvalue weighted by Gasteiger charge is 2.27. The molecule has 0 spiro atoms. The number of hydrogen-bond donors (Lipinski definition) is 1. The van der Waals surface area contributed by atoms with Crippen molar-refractivity contribution in [3.63, 3.8) is 0 Å². The van der Waals surface area contributed by atoms with Gasteiger partial charge in [-0.25, -0.2) is 0 Å². The van der Waals surface area contributed by atoms with E-state index in [2.05, 4.69) is 50.4 Å². The summed E-state index contributed by atoms with van der Waals surface area (Å²) in [6, 6.07) is -0.942. The van der Waals surface area contributed by atoms with Crippen LogP contribution in [0.1, 0.15) is 168 Å². The molecule has 0 bridgehead atoms. The van der Waals surface area contributed by atoms with Gasteiger partial charge in [0, 0.05) is 12.8 Å². The molecule has 404 valence electrons. The van der Waals surface area contributed by atoms with Crippen LogP contribution in [-0.4, -0.2) is 69.4 Å². The minimum atomic E-state index is -4.73.